The maximum atomic E-state index is 12.9. The smallest absolute Gasteiger partial charge is 0.258 e. The second kappa shape index (κ2) is 9.38. The molecule has 7 nitrogen and oxygen atoms in total. The predicted octanol–water partition coefficient (Wildman–Crippen LogP) is 2.86. The number of hydrogen-bond acceptors (Lipinski definition) is 4. The Morgan fingerprint density at radius 2 is 1.81 bits per heavy atom. The minimum atomic E-state index is -4.02. The van der Waals surface area contributed by atoms with Gasteiger partial charge in [-0.05, 0) is 17.7 Å². The highest BCUT2D eigenvalue weighted by molar-refractivity contribution is 7.89. The maximum absolute atomic E-state index is 12.9. The Bertz CT molecular complexity index is 953. The molecule has 0 saturated carbocycles. The lowest BCUT2D eigenvalue weighted by molar-refractivity contribution is 0.0976. The number of carbonyl (C=O) groups is 1. The van der Waals surface area contributed by atoms with Crippen molar-refractivity contribution in [3.63, 3.8) is 0 Å². The molecule has 0 heterocycles. The number of guanidine groups is 1. The average Bonchev–Trinajstić information content (AvgIpc) is 2.57. The zero-order chi connectivity index (χ0) is 19.5. The molecule has 0 aromatic heterocycles. The van der Waals surface area contributed by atoms with Crippen molar-refractivity contribution in [2.45, 2.75) is 11.4 Å². The molecule has 4 N–H and O–H groups in total. The fraction of sp³-hybridized carbons (Fsp3) is 0.125. The Labute approximate surface area is 173 Å². The van der Waals surface area contributed by atoms with Gasteiger partial charge in [-0.25, -0.2) is 8.42 Å². The summed E-state index contributed by atoms with van der Waals surface area (Å²) in [6, 6.07) is 11.3. The van der Waals surface area contributed by atoms with E-state index in [1.54, 1.807) is 24.3 Å². The van der Waals surface area contributed by atoms with E-state index < -0.39 is 21.9 Å². The molecule has 0 fully saturated rings. The quantitative estimate of drug-likeness (QED) is 0.478. The summed E-state index contributed by atoms with van der Waals surface area (Å²) in [6.45, 7) is 0.112. The summed E-state index contributed by atoms with van der Waals surface area (Å²) < 4.78 is 26.9. The number of sulfonamides is 1. The molecule has 1 amide bonds. The third-order valence-corrected chi connectivity index (χ3v) is 6.18. The van der Waals surface area contributed by atoms with Crippen LogP contribution in [-0.2, 0) is 16.6 Å². The van der Waals surface area contributed by atoms with E-state index in [2.05, 4.69) is 5.32 Å². The number of hydrogen-bond donors (Lipinski definition) is 3. The van der Waals surface area contributed by atoms with Crippen molar-refractivity contribution >= 4 is 57.5 Å². The summed E-state index contributed by atoms with van der Waals surface area (Å²) in [4.78, 5) is 11.7. The number of carbonyl (C=O) groups excluding carboxylic acids is 1. The normalized spacial score (nSPS) is 11.0. The first-order valence-electron chi connectivity index (χ1n) is 7.27. The molecule has 2 rings (SSSR count). The van der Waals surface area contributed by atoms with Gasteiger partial charge in [-0.15, -0.1) is 12.4 Å². The largest absolute Gasteiger partial charge is 0.370 e. The van der Waals surface area contributed by atoms with Crippen molar-refractivity contribution in [1.29, 1.82) is 5.41 Å². The van der Waals surface area contributed by atoms with E-state index in [9.17, 15) is 13.2 Å². The Kier molecular flexibility index (Phi) is 8.06. The van der Waals surface area contributed by atoms with Gasteiger partial charge in [0, 0.05) is 19.2 Å². The SMILES string of the molecule is CN(Cc1ccccc1)S(=O)(=O)c1cc(C(=O)NC(=N)N)cc(Cl)c1Cl.Cl. The van der Waals surface area contributed by atoms with Crippen LogP contribution in [0.5, 0.6) is 0 Å². The van der Waals surface area contributed by atoms with E-state index in [0.717, 1.165) is 15.9 Å². The summed E-state index contributed by atoms with van der Waals surface area (Å²) in [5, 5.41) is 8.87. The van der Waals surface area contributed by atoms with Gasteiger partial charge in [0.2, 0.25) is 10.0 Å². The molecule has 0 aliphatic rings. The Morgan fingerprint density at radius 1 is 1.22 bits per heavy atom. The van der Waals surface area contributed by atoms with Gasteiger partial charge in [0.25, 0.3) is 5.91 Å². The zero-order valence-electron chi connectivity index (χ0n) is 14.1. The molecular weight excluding hydrogens is 435 g/mol. The van der Waals surface area contributed by atoms with E-state index in [4.69, 9.17) is 34.3 Å². The van der Waals surface area contributed by atoms with Crippen molar-refractivity contribution in [2.75, 3.05) is 7.05 Å². The first kappa shape index (κ1) is 23.2. The van der Waals surface area contributed by atoms with Crippen LogP contribution in [0.4, 0.5) is 0 Å². The number of amides is 1. The molecule has 2 aromatic carbocycles. The van der Waals surface area contributed by atoms with E-state index >= 15 is 0 Å². The summed E-state index contributed by atoms with van der Waals surface area (Å²) in [6.07, 6.45) is 0. The Hall–Kier alpha value is -1.84. The highest BCUT2D eigenvalue weighted by Gasteiger charge is 2.27. The minimum Gasteiger partial charge on any atom is -0.370 e. The van der Waals surface area contributed by atoms with Crippen LogP contribution in [0.1, 0.15) is 15.9 Å². The molecule has 0 bridgehead atoms. The number of rotatable bonds is 5. The van der Waals surface area contributed by atoms with Crippen molar-refractivity contribution in [3.05, 3.63) is 63.6 Å². The lowest BCUT2D eigenvalue weighted by Crippen LogP contribution is -2.36. The molecule has 0 aliphatic carbocycles. The molecular formula is C16H17Cl3N4O3S. The average molecular weight is 452 g/mol. The maximum Gasteiger partial charge on any atom is 0.258 e. The number of benzene rings is 2. The first-order chi connectivity index (χ1) is 12.1. The van der Waals surface area contributed by atoms with E-state index in [-0.39, 0.29) is 39.5 Å². The van der Waals surface area contributed by atoms with Crippen molar-refractivity contribution in [2.24, 2.45) is 5.73 Å². The van der Waals surface area contributed by atoms with Gasteiger partial charge >= 0.3 is 0 Å². The van der Waals surface area contributed by atoms with E-state index in [0.29, 0.717) is 0 Å². The number of nitrogens with zero attached hydrogens (tertiary/aromatic N) is 1. The second-order valence-electron chi connectivity index (χ2n) is 5.38. The van der Waals surface area contributed by atoms with Crippen LogP contribution in [0.2, 0.25) is 10.0 Å². The third kappa shape index (κ3) is 5.57. The molecule has 2 aromatic rings. The van der Waals surface area contributed by atoms with Gasteiger partial charge in [-0.2, -0.15) is 4.31 Å². The number of halogens is 3. The fourth-order valence-corrected chi connectivity index (χ4v) is 4.11. The Balaban J connectivity index is 0.00000364. The fourth-order valence-electron chi connectivity index (χ4n) is 2.17. The van der Waals surface area contributed by atoms with Gasteiger partial charge in [0.15, 0.2) is 5.96 Å². The van der Waals surface area contributed by atoms with Crippen LogP contribution in [0.15, 0.2) is 47.4 Å². The molecule has 0 radical (unpaired) electrons. The summed E-state index contributed by atoms with van der Waals surface area (Å²) >= 11 is 12.1. The molecule has 27 heavy (non-hydrogen) atoms. The monoisotopic (exact) mass is 450 g/mol. The third-order valence-electron chi connectivity index (χ3n) is 3.44. The molecule has 0 aliphatic heterocycles. The summed E-state index contributed by atoms with van der Waals surface area (Å²) in [7, 11) is -2.63. The van der Waals surface area contributed by atoms with Gasteiger partial charge in [-0.3, -0.25) is 15.5 Å². The summed E-state index contributed by atoms with van der Waals surface area (Å²) in [5.74, 6) is -1.34. The lowest BCUT2D eigenvalue weighted by Gasteiger charge is -2.19. The van der Waals surface area contributed by atoms with Crippen molar-refractivity contribution in [3.8, 4) is 0 Å². The zero-order valence-corrected chi connectivity index (χ0v) is 17.2. The standard InChI is InChI=1S/C16H16Cl2N4O3S.ClH/c1-22(9-10-5-3-2-4-6-10)26(24,25)13-8-11(7-12(17)14(13)18)15(23)21-16(19)20;/h2-8H,9H2,1H3,(H4,19,20,21,23);1H. The number of nitrogens with one attached hydrogen (secondary N) is 2. The molecule has 0 unspecified atom stereocenters. The van der Waals surface area contributed by atoms with Crippen LogP contribution in [-0.4, -0.2) is 31.6 Å². The topological polar surface area (TPSA) is 116 Å². The highest BCUT2D eigenvalue weighted by Crippen LogP contribution is 2.32. The van der Waals surface area contributed by atoms with Crippen LogP contribution in [0.3, 0.4) is 0 Å². The van der Waals surface area contributed by atoms with Gasteiger partial charge in [0.1, 0.15) is 4.90 Å². The van der Waals surface area contributed by atoms with E-state index in [1.165, 1.54) is 13.1 Å². The minimum absolute atomic E-state index is 0. The lowest BCUT2D eigenvalue weighted by atomic mass is 10.2. The number of nitrogens with two attached hydrogens (primary N) is 1. The van der Waals surface area contributed by atoms with Crippen LogP contribution in [0.25, 0.3) is 0 Å². The molecule has 0 spiro atoms. The van der Waals surface area contributed by atoms with E-state index in [1.807, 2.05) is 6.07 Å². The molecule has 146 valence electrons. The van der Waals surface area contributed by atoms with Gasteiger partial charge in [0.05, 0.1) is 10.0 Å². The first-order valence-corrected chi connectivity index (χ1v) is 9.47. The van der Waals surface area contributed by atoms with Crippen molar-refractivity contribution < 1.29 is 13.2 Å². The van der Waals surface area contributed by atoms with Gasteiger partial charge in [-0.1, -0.05) is 53.5 Å². The molecule has 0 saturated heterocycles. The van der Waals surface area contributed by atoms with Crippen LogP contribution >= 0.6 is 35.6 Å². The van der Waals surface area contributed by atoms with Crippen molar-refractivity contribution in [1.82, 2.24) is 9.62 Å². The predicted molar refractivity (Wildman–Crippen MR) is 108 cm³/mol. The molecule has 0 atom stereocenters. The highest BCUT2D eigenvalue weighted by atomic mass is 35.5. The summed E-state index contributed by atoms with van der Waals surface area (Å²) in [5.41, 5.74) is 5.82. The second-order valence-corrected chi connectivity index (χ2v) is 8.18. The van der Waals surface area contributed by atoms with Crippen LogP contribution < -0.4 is 11.1 Å². The van der Waals surface area contributed by atoms with Crippen LogP contribution in [0, 0.1) is 5.41 Å². The molecule has 11 heteroatoms. The van der Waals surface area contributed by atoms with Gasteiger partial charge < -0.3 is 5.73 Å². The Morgan fingerprint density at radius 3 is 2.37 bits per heavy atom.